The predicted octanol–water partition coefficient (Wildman–Crippen LogP) is 3.40. The van der Waals surface area contributed by atoms with Gasteiger partial charge in [-0.05, 0) is 29.3 Å². The number of aryl methyl sites for hydroxylation is 1. The zero-order chi connectivity index (χ0) is 18.4. The third-order valence-electron chi connectivity index (χ3n) is 3.83. The number of nitrogens with one attached hydrogen (secondary N) is 2. The molecule has 2 amide bonds. The number of hydrogen-bond donors (Lipinski definition) is 2. The molecule has 0 saturated heterocycles. The maximum atomic E-state index is 12.2. The van der Waals surface area contributed by atoms with Crippen molar-refractivity contribution in [2.45, 2.75) is 26.2 Å². The van der Waals surface area contributed by atoms with Crippen LogP contribution in [0.1, 0.15) is 35.1 Å². The number of benzene rings is 2. The molecular formula is C19H20N4O2S. The summed E-state index contributed by atoms with van der Waals surface area (Å²) in [6.45, 7) is 2.33. The van der Waals surface area contributed by atoms with Crippen molar-refractivity contribution in [3.8, 4) is 0 Å². The first kappa shape index (κ1) is 18.0. The van der Waals surface area contributed by atoms with Crippen LogP contribution in [-0.4, -0.2) is 28.6 Å². The van der Waals surface area contributed by atoms with Crippen molar-refractivity contribution >= 4 is 39.1 Å². The van der Waals surface area contributed by atoms with E-state index >= 15 is 0 Å². The number of carbonyl (C=O) groups is 2. The Morgan fingerprint density at radius 1 is 1.08 bits per heavy atom. The van der Waals surface area contributed by atoms with Crippen LogP contribution < -0.4 is 10.6 Å². The van der Waals surface area contributed by atoms with Crippen LogP contribution in [-0.2, 0) is 11.2 Å². The number of nitrogens with zero attached hydrogens (tertiary/aromatic N) is 2. The van der Waals surface area contributed by atoms with Crippen molar-refractivity contribution in [2.75, 3.05) is 11.9 Å². The van der Waals surface area contributed by atoms with Crippen molar-refractivity contribution in [1.82, 2.24) is 15.5 Å². The second-order valence-electron chi connectivity index (χ2n) is 5.87. The topological polar surface area (TPSA) is 84.0 Å². The van der Waals surface area contributed by atoms with E-state index in [1.165, 1.54) is 11.3 Å². The molecule has 6 nitrogen and oxygen atoms in total. The van der Waals surface area contributed by atoms with E-state index in [0.717, 1.165) is 28.6 Å². The van der Waals surface area contributed by atoms with Gasteiger partial charge in [-0.1, -0.05) is 48.6 Å². The van der Waals surface area contributed by atoms with Gasteiger partial charge in [0, 0.05) is 24.9 Å². The molecule has 26 heavy (non-hydrogen) atoms. The predicted molar refractivity (Wildman–Crippen MR) is 103 cm³/mol. The monoisotopic (exact) mass is 368 g/mol. The van der Waals surface area contributed by atoms with E-state index in [1.807, 2.05) is 36.4 Å². The van der Waals surface area contributed by atoms with Gasteiger partial charge in [0.2, 0.25) is 11.0 Å². The molecule has 134 valence electrons. The number of aromatic nitrogens is 2. The summed E-state index contributed by atoms with van der Waals surface area (Å²) in [6.07, 6.45) is 2.03. The van der Waals surface area contributed by atoms with Crippen LogP contribution in [0.4, 0.5) is 5.13 Å². The number of carbonyl (C=O) groups excluding carboxylic acids is 2. The molecule has 0 saturated carbocycles. The van der Waals surface area contributed by atoms with Crippen molar-refractivity contribution in [3.05, 3.63) is 53.0 Å². The minimum absolute atomic E-state index is 0.183. The number of rotatable bonds is 7. The molecule has 0 aliphatic heterocycles. The van der Waals surface area contributed by atoms with E-state index in [-0.39, 0.29) is 24.8 Å². The van der Waals surface area contributed by atoms with Gasteiger partial charge >= 0.3 is 0 Å². The number of hydrogen-bond acceptors (Lipinski definition) is 5. The van der Waals surface area contributed by atoms with Crippen molar-refractivity contribution in [3.63, 3.8) is 0 Å². The lowest BCUT2D eigenvalue weighted by Crippen LogP contribution is -2.27. The first-order chi connectivity index (χ1) is 12.7. The van der Waals surface area contributed by atoms with Crippen LogP contribution in [0.15, 0.2) is 42.5 Å². The summed E-state index contributed by atoms with van der Waals surface area (Å²) >= 11 is 1.38. The van der Waals surface area contributed by atoms with Crippen LogP contribution in [0.5, 0.6) is 0 Å². The van der Waals surface area contributed by atoms with Gasteiger partial charge in [-0.25, -0.2) is 0 Å². The highest BCUT2D eigenvalue weighted by Crippen LogP contribution is 2.17. The lowest BCUT2D eigenvalue weighted by molar-refractivity contribution is -0.116. The maximum absolute atomic E-state index is 12.2. The molecule has 0 bridgehead atoms. The van der Waals surface area contributed by atoms with Gasteiger partial charge < -0.3 is 10.6 Å². The van der Waals surface area contributed by atoms with E-state index < -0.39 is 0 Å². The van der Waals surface area contributed by atoms with Gasteiger partial charge in [0.15, 0.2) is 0 Å². The Bertz CT molecular complexity index is 923. The molecule has 3 rings (SSSR count). The van der Waals surface area contributed by atoms with Gasteiger partial charge in [-0.2, -0.15) is 0 Å². The first-order valence-corrected chi connectivity index (χ1v) is 9.36. The molecule has 0 aliphatic carbocycles. The molecule has 3 aromatic rings. The van der Waals surface area contributed by atoms with E-state index in [4.69, 9.17) is 0 Å². The molecule has 7 heteroatoms. The smallest absolute Gasteiger partial charge is 0.251 e. The quantitative estimate of drug-likeness (QED) is 0.669. The highest BCUT2D eigenvalue weighted by atomic mass is 32.1. The summed E-state index contributed by atoms with van der Waals surface area (Å²) in [6, 6.07) is 13.4. The Hall–Kier alpha value is -2.80. The molecule has 0 fully saturated rings. The summed E-state index contributed by atoms with van der Waals surface area (Å²) in [5.74, 6) is -0.382. The van der Waals surface area contributed by atoms with Crippen LogP contribution in [0.25, 0.3) is 10.8 Å². The molecule has 0 atom stereocenters. The zero-order valence-corrected chi connectivity index (χ0v) is 15.3. The minimum atomic E-state index is -0.192. The summed E-state index contributed by atoms with van der Waals surface area (Å²) < 4.78 is 0. The van der Waals surface area contributed by atoms with Crippen molar-refractivity contribution < 1.29 is 9.59 Å². The normalized spacial score (nSPS) is 10.7. The zero-order valence-electron chi connectivity index (χ0n) is 14.5. The van der Waals surface area contributed by atoms with Crippen molar-refractivity contribution in [2.24, 2.45) is 0 Å². The summed E-state index contributed by atoms with van der Waals surface area (Å²) in [5.41, 5.74) is 0.581. The summed E-state index contributed by atoms with van der Waals surface area (Å²) in [4.78, 5) is 24.2. The Morgan fingerprint density at radius 3 is 2.69 bits per heavy atom. The van der Waals surface area contributed by atoms with Crippen molar-refractivity contribution in [1.29, 1.82) is 0 Å². The highest BCUT2D eigenvalue weighted by Gasteiger charge is 2.10. The maximum Gasteiger partial charge on any atom is 0.251 e. The lowest BCUT2D eigenvalue weighted by Gasteiger charge is -2.06. The molecular weight excluding hydrogens is 348 g/mol. The molecule has 1 aromatic heterocycles. The number of fused-ring (bicyclic) bond motifs is 1. The van der Waals surface area contributed by atoms with Gasteiger partial charge in [-0.3, -0.25) is 9.59 Å². The second-order valence-corrected chi connectivity index (χ2v) is 6.93. The van der Waals surface area contributed by atoms with Gasteiger partial charge in [-0.15, -0.1) is 10.2 Å². The average Bonchev–Trinajstić information content (AvgIpc) is 3.08. The molecule has 1 heterocycles. The lowest BCUT2D eigenvalue weighted by atomic mass is 10.1. The van der Waals surface area contributed by atoms with E-state index in [0.29, 0.717) is 10.7 Å². The Morgan fingerprint density at radius 2 is 1.88 bits per heavy atom. The molecule has 2 aromatic carbocycles. The summed E-state index contributed by atoms with van der Waals surface area (Å²) in [7, 11) is 0. The van der Waals surface area contributed by atoms with Gasteiger partial charge in [0.1, 0.15) is 5.01 Å². The van der Waals surface area contributed by atoms with Crippen LogP contribution in [0.3, 0.4) is 0 Å². The van der Waals surface area contributed by atoms with E-state index in [1.54, 1.807) is 6.07 Å². The minimum Gasteiger partial charge on any atom is -0.352 e. The molecule has 0 aliphatic rings. The fourth-order valence-electron chi connectivity index (χ4n) is 2.52. The van der Waals surface area contributed by atoms with Crippen LogP contribution >= 0.6 is 11.3 Å². The third-order valence-corrected chi connectivity index (χ3v) is 4.72. The molecule has 0 unspecified atom stereocenters. The fourth-order valence-corrected chi connectivity index (χ4v) is 3.38. The van der Waals surface area contributed by atoms with E-state index in [2.05, 4.69) is 27.8 Å². The fraction of sp³-hybridized carbons (Fsp3) is 0.263. The Kier molecular flexibility index (Phi) is 5.91. The largest absolute Gasteiger partial charge is 0.352 e. The number of anilines is 1. The SMILES string of the molecule is CCCc1nnc(NC(=O)CCNC(=O)c2ccc3ccccc3c2)s1. The van der Waals surface area contributed by atoms with Crippen LogP contribution in [0.2, 0.25) is 0 Å². The first-order valence-electron chi connectivity index (χ1n) is 8.55. The average molecular weight is 368 g/mol. The number of amides is 2. The molecule has 0 spiro atoms. The van der Waals surface area contributed by atoms with Gasteiger partial charge in [0.25, 0.3) is 5.91 Å². The Labute approximate surface area is 155 Å². The van der Waals surface area contributed by atoms with E-state index in [9.17, 15) is 9.59 Å². The Balaban J connectivity index is 1.48. The third kappa shape index (κ3) is 4.64. The summed E-state index contributed by atoms with van der Waals surface area (Å²) in [5, 5.41) is 17.0. The standard InChI is InChI=1S/C19H20N4O2S/c1-2-5-17-22-23-19(26-17)21-16(24)10-11-20-18(25)15-9-8-13-6-3-4-7-14(13)12-15/h3-4,6-9,12H,2,5,10-11H2,1H3,(H,20,25)(H,21,23,24). The molecule has 2 N–H and O–H groups in total. The van der Waals surface area contributed by atoms with Gasteiger partial charge in [0.05, 0.1) is 0 Å². The highest BCUT2D eigenvalue weighted by molar-refractivity contribution is 7.15. The molecule has 0 radical (unpaired) electrons. The second kappa shape index (κ2) is 8.53. The van der Waals surface area contributed by atoms with Crippen LogP contribution in [0, 0.1) is 0 Å².